The number of allylic oxidation sites excluding steroid dienone is 4. The van der Waals surface area contributed by atoms with Gasteiger partial charge in [0, 0.05) is 44.8 Å². The summed E-state index contributed by atoms with van der Waals surface area (Å²) in [6.07, 6.45) is 10.7. The van der Waals surface area contributed by atoms with Crippen molar-refractivity contribution in [3.63, 3.8) is 0 Å². The summed E-state index contributed by atoms with van der Waals surface area (Å²) in [4.78, 5) is 20.8. The SMILES string of the molecule is C1=CCC[C@H]2C(=Nc3c2c(-c2ccc(-c4ccc(-c5nc(-c6ccc(-c7ccccc7)cc6)cc(-c6ccc(-c7ccccc7)cc6)n5)cc4)cc2)nc2ccccc32)C=C1. The van der Waals surface area contributed by atoms with Crippen molar-refractivity contribution in [2.75, 3.05) is 0 Å². The molecule has 4 nitrogen and oxygen atoms in total. The van der Waals surface area contributed by atoms with Crippen LogP contribution in [-0.2, 0) is 0 Å². The van der Waals surface area contributed by atoms with Crippen LogP contribution in [0.5, 0.6) is 0 Å². The van der Waals surface area contributed by atoms with Crippen LogP contribution in [0.3, 0.4) is 0 Å². The lowest BCUT2D eigenvalue weighted by atomic mass is 9.86. The van der Waals surface area contributed by atoms with Gasteiger partial charge in [-0.05, 0) is 64.4 Å². The van der Waals surface area contributed by atoms with Gasteiger partial charge in [0.25, 0.3) is 0 Å². The van der Waals surface area contributed by atoms with E-state index in [0.717, 1.165) is 85.6 Å². The van der Waals surface area contributed by atoms with Crippen molar-refractivity contribution in [2.24, 2.45) is 4.99 Å². The number of benzene rings is 7. The highest BCUT2D eigenvalue weighted by atomic mass is 14.9. The van der Waals surface area contributed by atoms with E-state index in [4.69, 9.17) is 19.9 Å². The molecule has 0 unspecified atom stereocenters. The van der Waals surface area contributed by atoms with E-state index in [1.807, 2.05) is 12.1 Å². The third kappa shape index (κ3) is 7.08. The molecule has 61 heavy (non-hydrogen) atoms. The van der Waals surface area contributed by atoms with Crippen LogP contribution >= 0.6 is 0 Å². The molecule has 0 saturated carbocycles. The van der Waals surface area contributed by atoms with Crippen molar-refractivity contribution in [1.29, 1.82) is 0 Å². The van der Waals surface area contributed by atoms with Crippen LogP contribution < -0.4 is 0 Å². The molecule has 0 amide bonds. The van der Waals surface area contributed by atoms with E-state index < -0.39 is 0 Å². The van der Waals surface area contributed by atoms with Crippen LogP contribution in [0.1, 0.15) is 24.3 Å². The van der Waals surface area contributed by atoms with Gasteiger partial charge in [0.2, 0.25) is 0 Å². The Morgan fingerprint density at radius 1 is 0.410 bits per heavy atom. The second kappa shape index (κ2) is 15.7. The highest BCUT2D eigenvalue weighted by molar-refractivity contribution is 6.12. The van der Waals surface area contributed by atoms with Crippen LogP contribution in [-0.4, -0.2) is 20.7 Å². The maximum Gasteiger partial charge on any atom is 0.160 e. The maximum absolute atomic E-state index is 5.27. The number of hydrogen-bond donors (Lipinski definition) is 0. The average molecular weight is 781 g/mol. The summed E-state index contributed by atoms with van der Waals surface area (Å²) in [5.41, 5.74) is 18.3. The molecule has 0 spiro atoms. The number of pyridine rings is 1. The van der Waals surface area contributed by atoms with Gasteiger partial charge in [0.1, 0.15) is 0 Å². The molecular weight excluding hydrogens is 741 g/mol. The maximum atomic E-state index is 5.27. The zero-order chi connectivity index (χ0) is 40.5. The van der Waals surface area contributed by atoms with Crippen LogP contribution in [0.25, 0.3) is 89.4 Å². The second-order valence-corrected chi connectivity index (χ2v) is 15.7. The Morgan fingerprint density at radius 3 is 1.46 bits per heavy atom. The van der Waals surface area contributed by atoms with E-state index in [1.54, 1.807) is 0 Å². The largest absolute Gasteiger partial charge is 0.252 e. The molecule has 1 aliphatic heterocycles. The molecule has 1 atom stereocenters. The van der Waals surface area contributed by atoms with E-state index in [1.165, 1.54) is 27.8 Å². The molecular formula is C57H40N4. The predicted octanol–water partition coefficient (Wildman–Crippen LogP) is 14.8. The molecule has 2 aliphatic rings. The van der Waals surface area contributed by atoms with E-state index >= 15 is 0 Å². The molecule has 0 radical (unpaired) electrons. The van der Waals surface area contributed by atoms with Crippen LogP contribution in [0, 0.1) is 0 Å². The fourth-order valence-corrected chi connectivity index (χ4v) is 8.70. The monoisotopic (exact) mass is 780 g/mol. The summed E-state index contributed by atoms with van der Waals surface area (Å²) < 4.78 is 0. The van der Waals surface area contributed by atoms with E-state index in [0.29, 0.717) is 5.82 Å². The lowest BCUT2D eigenvalue weighted by molar-refractivity contribution is 0.795. The quantitative estimate of drug-likeness (QED) is 0.162. The zero-order valence-corrected chi connectivity index (χ0v) is 33.5. The molecule has 0 N–H and O–H groups in total. The first kappa shape index (κ1) is 36.3. The van der Waals surface area contributed by atoms with Crippen LogP contribution in [0.2, 0.25) is 0 Å². The standard InChI is InChI=1S/C57H40N4/c1-2-10-19-50-48(17-9-1)54-55(58-51-20-12-11-18-49(51)56(54)59-50)46-33-25-42(26-34-46)43-27-35-47(36-28-43)57-60-52(44-29-21-40(22-30-44)38-13-5-3-6-14-38)37-53(61-57)45-31-23-41(24-32-45)39-15-7-4-8-16-39/h1-8,10-16,18-37,48H,9,17H2/t48-/m0/s1. The number of fused-ring (bicyclic) bond motifs is 5. The van der Waals surface area contributed by atoms with Gasteiger partial charge in [-0.1, -0.05) is 194 Å². The average Bonchev–Trinajstić information content (AvgIpc) is 3.69. The van der Waals surface area contributed by atoms with Gasteiger partial charge in [0.15, 0.2) is 5.82 Å². The van der Waals surface area contributed by atoms with E-state index in [-0.39, 0.29) is 5.92 Å². The lowest BCUT2D eigenvalue weighted by Gasteiger charge is -2.18. The molecule has 288 valence electrons. The summed E-state index contributed by atoms with van der Waals surface area (Å²) in [5.74, 6) is 0.908. The van der Waals surface area contributed by atoms with E-state index in [2.05, 4.69) is 200 Å². The molecule has 1 aliphatic carbocycles. The molecule has 3 heterocycles. The molecule has 0 saturated heterocycles. The van der Waals surface area contributed by atoms with Crippen molar-refractivity contribution in [1.82, 2.24) is 15.0 Å². The molecule has 0 fully saturated rings. The number of hydrogen-bond acceptors (Lipinski definition) is 4. The number of para-hydroxylation sites is 1. The Morgan fingerprint density at radius 2 is 0.885 bits per heavy atom. The van der Waals surface area contributed by atoms with Gasteiger partial charge >= 0.3 is 0 Å². The van der Waals surface area contributed by atoms with Crippen molar-refractivity contribution in [2.45, 2.75) is 18.8 Å². The predicted molar refractivity (Wildman–Crippen MR) is 253 cm³/mol. The first-order valence-corrected chi connectivity index (χ1v) is 21.0. The fourth-order valence-electron chi connectivity index (χ4n) is 8.70. The van der Waals surface area contributed by atoms with Gasteiger partial charge in [-0.3, -0.25) is 4.99 Å². The minimum absolute atomic E-state index is 0.221. The fraction of sp³-hybridized carbons (Fsp3) is 0.0526. The molecule has 0 bridgehead atoms. The minimum Gasteiger partial charge on any atom is -0.252 e. The number of nitrogens with zero attached hydrogens (tertiary/aromatic N) is 4. The first-order valence-electron chi connectivity index (χ1n) is 21.0. The Labute approximate surface area is 356 Å². The molecule has 2 aromatic heterocycles. The molecule has 9 aromatic rings. The summed E-state index contributed by atoms with van der Waals surface area (Å²) in [7, 11) is 0. The summed E-state index contributed by atoms with van der Waals surface area (Å²) >= 11 is 0. The first-order chi connectivity index (χ1) is 30.2. The van der Waals surface area contributed by atoms with E-state index in [9.17, 15) is 0 Å². The number of aromatic nitrogens is 3. The normalized spacial score (nSPS) is 14.2. The summed E-state index contributed by atoms with van der Waals surface area (Å²) in [6.45, 7) is 0. The van der Waals surface area contributed by atoms with Crippen molar-refractivity contribution in [3.8, 4) is 78.5 Å². The number of rotatable bonds is 7. The van der Waals surface area contributed by atoms with Crippen LogP contribution in [0.15, 0.2) is 217 Å². The summed E-state index contributed by atoms with van der Waals surface area (Å²) in [6, 6.07) is 66.2. The summed E-state index contributed by atoms with van der Waals surface area (Å²) in [5, 5.41) is 1.11. The van der Waals surface area contributed by atoms with Gasteiger partial charge < -0.3 is 0 Å². The topological polar surface area (TPSA) is 51.0 Å². The Kier molecular flexibility index (Phi) is 9.36. The van der Waals surface area contributed by atoms with Crippen LogP contribution in [0.4, 0.5) is 5.69 Å². The highest BCUT2D eigenvalue weighted by Gasteiger charge is 2.31. The van der Waals surface area contributed by atoms with Gasteiger partial charge in [-0.15, -0.1) is 0 Å². The Hall–Kier alpha value is -7.82. The Bertz CT molecular complexity index is 3030. The van der Waals surface area contributed by atoms with Gasteiger partial charge in [-0.2, -0.15) is 0 Å². The van der Waals surface area contributed by atoms with Crippen molar-refractivity contribution in [3.05, 3.63) is 218 Å². The molecule has 11 rings (SSSR count). The third-order valence-electron chi connectivity index (χ3n) is 11.9. The molecule has 4 heteroatoms. The minimum atomic E-state index is 0.221. The van der Waals surface area contributed by atoms with Gasteiger partial charge in [-0.25, -0.2) is 15.0 Å². The number of aliphatic imine (C=N–C) groups is 1. The lowest BCUT2D eigenvalue weighted by Crippen LogP contribution is -2.08. The smallest absolute Gasteiger partial charge is 0.160 e. The van der Waals surface area contributed by atoms with Gasteiger partial charge in [0.05, 0.1) is 28.3 Å². The third-order valence-corrected chi connectivity index (χ3v) is 11.9. The second-order valence-electron chi connectivity index (χ2n) is 15.7. The van der Waals surface area contributed by atoms with Crippen molar-refractivity contribution >= 4 is 22.3 Å². The molecule has 7 aromatic carbocycles. The van der Waals surface area contributed by atoms with Crippen molar-refractivity contribution < 1.29 is 0 Å². The highest BCUT2D eigenvalue weighted by Crippen LogP contribution is 2.47. The Balaban J connectivity index is 0.923. The zero-order valence-electron chi connectivity index (χ0n) is 33.5.